The van der Waals surface area contributed by atoms with E-state index in [9.17, 15) is 9.59 Å². The zero-order chi connectivity index (χ0) is 20.4. The molecule has 7 heteroatoms. The second-order valence-electron chi connectivity index (χ2n) is 6.72. The van der Waals surface area contributed by atoms with Crippen molar-refractivity contribution in [2.24, 2.45) is 0 Å². The topological polar surface area (TPSA) is 73.9 Å². The molecule has 6 nitrogen and oxygen atoms in total. The van der Waals surface area contributed by atoms with Crippen LogP contribution in [-0.4, -0.2) is 32.6 Å². The van der Waals surface area contributed by atoms with Crippen molar-refractivity contribution in [1.82, 2.24) is 5.32 Å². The Hall–Kier alpha value is -2.47. The van der Waals surface area contributed by atoms with Gasteiger partial charge in [-0.3, -0.25) is 4.79 Å². The van der Waals surface area contributed by atoms with Crippen LogP contribution in [0.2, 0.25) is 5.02 Å². The summed E-state index contributed by atoms with van der Waals surface area (Å²) in [6.07, 6.45) is 1.99. The number of allylic oxidation sites excluding steroid dienone is 3. The lowest BCUT2D eigenvalue weighted by atomic mass is 9.75. The molecule has 0 radical (unpaired) electrons. The number of hydrogen-bond acceptors (Lipinski definition) is 6. The molecule has 150 valence electrons. The summed E-state index contributed by atoms with van der Waals surface area (Å²) >= 11 is 6.42. The summed E-state index contributed by atoms with van der Waals surface area (Å²) < 4.78 is 16.0. The lowest BCUT2D eigenvalue weighted by Crippen LogP contribution is -2.34. The minimum atomic E-state index is -0.569. The fraction of sp³-hybridized carbons (Fsp3) is 0.429. The Balaban J connectivity index is 2.23. The van der Waals surface area contributed by atoms with Crippen LogP contribution < -0.4 is 14.8 Å². The monoisotopic (exact) mass is 405 g/mol. The smallest absolute Gasteiger partial charge is 0.336 e. The molecule has 0 saturated carbocycles. The molecule has 0 amide bonds. The number of rotatable bonds is 5. The third-order valence-corrected chi connectivity index (χ3v) is 5.34. The number of methoxy groups -OCH3 is 2. The Morgan fingerprint density at radius 2 is 2.00 bits per heavy atom. The molecule has 0 aromatic heterocycles. The van der Waals surface area contributed by atoms with Crippen molar-refractivity contribution in [1.29, 1.82) is 0 Å². The Morgan fingerprint density at radius 3 is 2.64 bits per heavy atom. The Bertz CT molecular complexity index is 887. The van der Waals surface area contributed by atoms with Gasteiger partial charge in [-0.05, 0) is 44.4 Å². The van der Waals surface area contributed by atoms with Crippen LogP contribution in [0.15, 0.2) is 34.7 Å². The molecule has 1 aromatic rings. The first-order valence-corrected chi connectivity index (χ1v) is 9.63. The Morgan fingerprint density at radius 1 is 1.25 bits per heavy atom. The summed E-state index contributed by atoms with van der Waals surface area (Å²) in [6, 6.07) is 3.48. The van der Waals surface area contributed by atoms with Gasteiger partial charge < -0.3 is 19.5 Å². The molecule has 1 atom stereocenters. The molecule has 1 aromatic carbocycles. The van der Waals surface area contributed by atoms with Gasteiger partial charge in [-0.1, -0.05) is 11.6 Å². The molecule has 1 aliphatic heterocycles. The molecule has 0 saturated heterocycles. The highest BCUT2D eigenvalue weighted by atomic mass is 35.5. The second-order valence-corrected chi connectivity index (χ2v) is 7.13. The van der Waals surface area contributed by atoms with E-state index in [1.165, 1.54) is 14.2 Å². The van der Waals surface area contributed by atoms with Crippen LogP contribution in [0.4, 0.5) is 0 Å². The number of ketones is 1. The highest BCUT2D eigenvalue weighted by Gasteiger charge is 2.39. The summed E-state index contributed by atoms with van der Waals surface area (Å²) in [7, 11) is 3.03. The van der Waals surface area contributed by atoms with E-state index < -0.39 is 11.9 Å². The number of nitrogens with one attached hydrogen (secondary N) is 1. The minimum absolute atomic E-state index is 0.0268. The van der Waals surface area contributed by atoms with Crippen molar-refractivity contribution in [3.8, 4) is 11.5 Å². The van der Waals surface area contributed by atoms with Gasteiger partial charge in [0.05, 0.1) is 31.4 Å². The highest BCUT2D eigenvalue weighted by molar-refractivity contribution is 6.32. The van der Waals surface area contributed by atoms with Crippen LogP contribution in [0, 0.1) is 0 Å². The number of carbonyl (C=O) groups is 2. The summed E-state index contributed by atoms with van der Waals surface area (Å²) in [5.74, 6) is -0.146. The van der Waals surface area contributed by atoms with Gasteiger partial charge >= 0.3 is 5.97 Å². The third-order valence-electron chi connectivity index (χ3n) is 5.06. The van der Waals surface area contributed by atoms with E-state index in [0.717, 1.165) is 18.5 Å². The molecule has 2 aliphatic rings. The predicted molar refractivity (Wildman–Crippen MR) is 106 cm³/mol. The lowest BCUT2D eigenvalue weighted by molar-refractivity contribution is -0.138. The first-order chi connectivity index (χ1) is 13.4. The average molecular weight is 406 g/mol. The van der Waals surface area contributed by atoms with E-state index in [1.807, 2.05) is 6.92 Å². The molecule has 1 N–H and O–H groups in total. The van der Waals surface area contributed by atoms with E-state index in [4.69, 9.17) is 25.8 Å². The number of Topliss-reactive ketones (excluding diaryl/α,β-unsaturated/α-hetero) is 1. The van der Waals surface area contributed by atoms with Gasteiger partial charge in [-0.15, -0.1) is 0 Å². The SMILES string of the molecule is CCOC(=O)C1=C(C)NC2=C(C(=O)CCC2)C1c1cc(Cl)c(OC)c(OC)c1. The van der Waals surface area contributed by atoms with E-state index >= 15 is 0 Å². The zero-order valence-corrected chi connectivity index (χ0v) is 17.2. The third kappa shape index (κ3) is 3.49. The summed E-state index contributed by atoms with van der Waals surface area (Å²) in [4.78, 5) is 25.6. The number of benzene rings is 1. The van der Waals surface area contributed by atoms with Crippen molar-refractivity contribution in [2.75, 3.05) is 20.8 Å². The molecule has 3 rings (SSSR count). The standard InChI is InChI=1S/C21H24ClNO5/c1-5-28-21(25)17-11(2)23-14-7-6-8-15(24)19(14)18(17)12-9-13(22)20(27-4)16(10-12)26-3/h9-10,18,23H,5-8H2,1-4H3. The van der Waals surface area contributed by atoms with Gasteiger partial charge in [0.1, 0.15) is 0 Å². The first-order valence-electron chi connectivity index (χ1n) is 9.25. The van der Waals surface area contributed by atoms with E-state index in [-0.39, 0.29) is 12.4 Å². The van der Waals surface area contributed by atoms with Crippen LogP contribution in [0.1, 0.15) is 44.6 Å². The first kappa shape index (κ1) is 20.3. The molecular weight excluding hydrogens is 382 g/mol. The van der Waals surface area contributed by atoms with Gasteiger partial charge in [-0.25, -0.2) is 4.79 Å². The van der Waals surface area contributed by atoms with E-state index in [1.54, 1.807) is 19.1 Å². The normalized spacial score (nSPS) is 19.2. The number of carbonyl (C=O) groups excluding carboxylic acids is 2. The fourth-order valence-corrected chi connectivity index (χ4v) is 4.20. The summed E-state index contributed by atoms with van der Waals surface area (Å²) in [5, 5.41) is 3.60. The lowest BCUT2D eigenvalue weighted by Gasteiger charge is -2.34. The molecule has 1 heterocycles. The fourth-order valence-electron chi connectivity index (χ4n) is 3.90. The van der Waals surface area contributed by atoms with Crippen LogP contribution in [0.3, 0.4) is 0 Å². The summed E-state index contributed by atoms with van der Waals surface area (Å²) in [6.45, 7) is 3.82. The van der Waals surface area contributed by atoms with Crippen LogP contribution in [-0.2, 0) is 14.3 Å². The molecule has 0 bridgehead atoms. The summed E-state index contributed by atoms with van der Waals surface area (Å²) in [5.41, 5.74) is 3.25. The van der Waals surface area contributed by atoms with Gasteiger partial charge in [0.2, 0.25) is 0 Å². The second kappa shape index (κ2) is 8.27. The Labute approximate surface area is 169 Å². The van der Waals surface area contributed by atoms with Crippen LogP contribution in [0.5, 0.6) is 11.5 Å². The highest BCUT2D eigenvalue weighted by Crippen LogP contribution is 2.46. The Kier molecular flexibility index (Phi) is 5.98. The molecule has 1 unspecified atom stereocenters. The van der Waals surface area contributed by atoms with Gasteiger partial charge in [0.25, 0.3) is 0 Å². The van der Waals surface area contributed by atoms with Gasteiger partial charge in [0, 0.05) is 29.3 Å². The van der Waals surface area contributed by atoms with Crippen LogP contribution >= 0.6 is 11.6 Å². The minimum Gasteiger partial charge on any atom is -0.493 e. The number of ether oxygens (including phenoxy) is 3. The maximum atomic E-state index is 12.8. The van der Waals surface area contributed by atoms with Crippen molar-refractivity contribution >= 4 is 23.4 Å². The number of dihydropyridines is 1. The van der Waals surface area contributed by atoms with Crippen molar-refractivity contribution in [3.05, 3.63) is 45.3 Å². The quantitative estimate of drug-likeness (QED) is 0.749. The maximum Gasteiger partial charge on any atom is 0.336 e. The number of halogens is 1. The molecule has 0 fully saturated rings. The average Bonchev–Trinajstić information content (AvgIpc) is 2.66. The van der Waals surface area contributed by atoms with Gasteiger partial charge in [-0.2, -0.15) is 0 Å². The van der Waals surface area contributed by atoms with E-state index in [2.05, 4.69) is 5.32 Å². The van der Waals surface area contributed by atoms with Crippen LogP contribution in [0.25, 0.3) is 0 Å². The van der Waals surface area contributed by atoms with Crippen molar-refractivity contribution in [2.45, 2.75) is 39.0 Å². The molecular formula is C21H24ClNO5. The molecule has 1 aliphatic carbocycles. The number of hydrogen-bond donors (Lipinski definition) is 1. The molecule has 0 spiro atoms. The zero-order valence-electron chi connectivity index (χ0n) is 16.5. The van der Waals surface area contributed by atoms with E-state index in [0.29, 0.717) is 45.3 Å². The van der Waals surface area contributed by atoms with Crippen molar-refractivity contribution in [3.63, 3.8) is 0 Å². The number of esters is 1. The maximum absolute atomic E-state index is 12.8. The van der Waals surface area contributed by atoms with Gasteiger partial charge in [0.15, 0.2) is 17.3 Å². The molecule has 28 heavy (non-hydrogen) atoms. The largest absolute Gasteiger partial charge is 0.493 e. The van der Waals surface area contributed by atoms with Crippen molar-refractivity contribution < 1.29 is 23.8 Å². The predicted octanol–water partition coefficient (Wildman–Crippen LogP) is 3.89.